The number of hydrogen-bond acceptors (Lipinski definition) is 4. The summed E-state index contributed by atoms with van der Waals surface area (Å²) in [6, 6.07) is 6.17. The lowest BCUT2D eigenvalue weighted by atomic mass is 9.91. The first-order chi connectivity index (χ1) is 10.2. The Morgan fingerprint density at radius 2 is 2.29 bits per heavy atom. The van der Waals surface area contributed by atoms with Crippen LogP contribution in [0.15, 0.2) is 18.2 Å². The summed E-state index contributed by atoms with van der Waals surface area (Å²) in [5.74, 6) is 3.28. The van der Waals surface area contributed by atoms with Crippen molar-refractivity contribution in [1.82, 2.24) is 0 Å². The van der Waals surface area contributed by atoms with Gasteiger partial charge in [-0.1, -0.05) is 6.07 Å². The van der Waals surface area contributed by atoms with Crippen molar-refractivity contribution >= 4 is 11.8 Å². The maximum atomic E-state index is 9.87. The van der Waals surface area contributed by atoms with Crippen molar-refractivity contribution in [2.75, 3.05) is 18.1 Å². The largest absolute Gasteiger partial charge is 0.490 e. The molecule has 1 N–H and O–H groups in total. The van der Waals surface area contributed by atoms with E-state index < -0.39 is 0 Å². The molecule has 0 aromatic heterocycles. The molecule has 0 saturated carbocycles. The van der Waals surface area contributed by atoms with E-state index in [1.807, 2.05) is 23.9 Å². The first-order valence-electron chi connectivity index (χ1n) is 7.93. The lowest BCUT2D eigenvalue weighted by Crippen LogP contribution is -2.43. The van der Waals surface area contributed by atoms with Gasteiger partial charge in [0.2, 0.25) is 0 Å². The van der Waals surface area contributed by atoms with Crippen molar-refractivity contribution in [2.24, 2.45) is 0 Å². The molecule has 2 aliphatic heterocycles. The Bertz CT molecular complexity index is 525. The Hall–Kier alpha value is -0.710. The van der Waals surface area contributed by atoms with E-state index in [2.05, 4.69) is 6.07 Å². The zero-order valence-electron chi connectivity index (χ0n) is 12.2. The number of benzene rings is 1. The molecular formula is C17H22O3S. The van der Waals surface area contributed by atoms with E-state index >= 15 is 0 Å². The van der Waals surface area contributed by atoms with Crippen LogP contribution in [0.4, 0.5) is 0 Å². The fourth-order valence-electron chi connectivity index (χ4n) is 3.78. The Labute approximate surface area is 130 Å². The van der Waals surface area contributed by atoms with Crippen LogP contribution in [-0.2, 0) is 11.2 Å². The summed E-state index contributed by atoms with van der Waals surface area (Å²) in [6.45, 7) is 0.814. The van der Waals surface area contributed by atoms with Gasteiger partial charge in [-0.15, -0.1) is 0 Å². The highest BCUT2D eigenvalue weighted by Gasteiger charge is 2.41. The van der Waals surface area contributed by atoms with Crippen LogP contribution in [0.5, 0.6) is 5.75 Å². The smallest absolute Gasteiger partial charge is 0.120 e. The SMILES string of the molecule is O[C@@H]1CCc2cc(OC3CCOC4(CCSC4)C3)ccc21. The Balaban J connectivity index is 1.46. The van der Waals surface area contributed by atoms with Crippen molar-refractivity contribution < 1.29 is 14.6 Å². The van der Waals surface area contributed by atoms with E-state index in [-0.39, 0.29) is 17.8 Å². The Kier molecular flexibility index (Phi) is 3.64. The third kappa shape index (κ3) is 2.69. The summed E-state index contributed by atoms with van der Waals surface area (Å²) in [5.41, 5.74) is 2.40. The van der Waals surface area contributed by atoms with Crippen LogP contribution in [0.1, 0.15) is 42.9 Å². The van der Waals surface area contributed by atoms with Gasteiger partial charge in [-0.3, -0.25) is 0 Å². The Morgan fingerprint density at radius 1 is 1.33 bits per heavy atom. The van der Waals surface area contributed by atoms with Gasteiger partial charge in [0.15, 0.2) is 0 Å². The molecule has 1 aromatic carbocycles. The fourth-order valence-corrected chi connectivity index (χ4v) is 5.16. The molecule has 3 aliphatic rings. The van der Waals surface area contributed by atoms with Gasteiger partial charge in [0.05, 0.1) is 18.3 Å². The van der Waals surface area contributed by atoms with Gasteiger partial charge in [0.25, 0.3) is 0 Å². The zero-order valence-corrected chi connectivity index (χ0v) is 13.0. The second-order valence-corrected chi connectivity index (χ2v) is 7.59. The average Bonchev–Trinajstić information content (AvgIpc) is 3.07. The minimum absolute atomic E-state index is 0.0699. The molecule has 2 unspecified atom stereocenters. The lowest BCUT2D eigenvalue weighted by molar-refractivity contribution is -0.0959. The number of thioether (sulfide) groups is 1. The highest BCUT2D eigenvalue weighted by Crippen LogP contribution is 2.40. The predicted molar refractivity (Wildman–Crippen MR) is 84.0 cm³/mol. The molecule has 4 heteroatoms. The molecule has 1 aliphatic carbocycles. The number of aliphatic hydroxyl groups excluding tert-OH is 1. The first kappa shape index (κ1) is 13.9. The van der Waals surface area contributed by atoms with E-state index in [1.165, 1.54) is 11.3 Å². The number of rotatable bonds is 2. The first-order valence-corrected chi connectivity index (χ1v) is 9.09. The predicted octanol–water partition coefficient (Wildman–Crippen LogP) is 3.10. The van der Waals surface area contributed by atoms with Crippen molar-refractivity contribution in [3.8, 4) is 5.75 Å². The van der Waals surface area contributed by atoms with E-state index in [0.717, 1.165) is 55.8 Å². The van der Waals surface area contributed by atoms with Gasteiger partial charge in [0.1, 0.15) is 11.9 Å². The van der Waals surface area contributed by atoms with Crippen LogP contribution in [0.25, 0.3) is 0 Å². The van der Waals surface area contributed by atoms with Gasteiger partial charge in [-0.05, 0) is 48.3 Å². The monoisotopic (exact) mass is 306 g/mol. The van der Waals surface area contributed by atoms with Crippen LogP contribution in [0, 0.1) is 0 Å². The topological polar surface area (TPSA) is 38.7 Å². The average molecular weight is 306 g/mol. The van der Waals surface area contributed by atoms with Crippen molar-refractivity contribution in [1.29, 1.82) is 0 Å². The third-order valence-electron chi connectivity index (χ3n) is 4.98. The van der Waals surface area contributed by atoms with Crippen LogP contribution in [-0.4, -0.2) is 34.9 Å². The Morgan fingerprint density at radius 3 is 3.14 bits per heavy atom. The molecule has 3 atom stereocenters. The molecule has 0 bridgehead atoms. The number of ether oxygens (including phenoxy) is 2. The summed E-state index contributed by atoms with van der Waals surface area (Å²) in [6.07, 6.45) is 4.94. The van der Waals surface area contributed by atoms with Gasteiger partial charge >= 0.3 is 0 Å². The quantitative estimate of drug-likeness (QED) is 0.911. The molecular weight excluding hydrogens is 284 g/mol. The highest BCUT2D eigenvalue weighted by atomic mass is 32.2. The van der Waals surface area contributed by atoms with Crippen molar-refractivity contribution in [2.45, 2.75) is 49.9 Å². The zero-order chi connectivity index (χ0) is 14.3. The fraction of sp³-hybridized carbons (Fsp3) is 0.647. The second kappa shape index (κ2) is 5.49. The summed E-state index contributed by atoms with van der Waals surface area (Å²) >= 11 is 2.00. The lowest BCUT2D eigenvalue weighted by Gasteiger charge is -2.37. The maximum absolute atomic E-state index is 9.87. The number of hydrogen-bond donors (Lipinski definition) is 1. The molecule has 2 saturated heterocycles. The molecule has 2 heterocycles. The summed E-state index contributed by atoms with van der Waals surface area (Å²) in [7, 11) is 0. The molecule has 0 radical (unpaired) electrons. The molecule has 21 heavy (non-hydrogen) atoms. The molecule has 3 nitrogen and oxygen atoms in total. The van der Waals surface area contributed by atoms with Crippen LogP contribution in [0.3, 0.4) is 0 Å². The molecule has 4 rings (SSSR count). The normalized spacial score (nSPS) is 35.1. The van der Waals surface area contributed by atoms with E-state index in [9.17, 15) is 5.11 Å². The van der Waals surface area contributed by atoms with E-state index in [0.29, 0.717) is 0 Å². The van der Waals surface area contributed by atoms with E-state index in [4.69, 9.17) is 9.47 Å². The second-order valence-electron chi connectivity index (χ2n) is 6.48. The minimum atomic E-state index is -0.282. The molecule has 114 valence electrons. The minimum Gasteiger partial charge on any atom is -0.490 e. The standard InChI is InChI=1S/C17H22O3S/c18-16-4-1-12-9-13(2-3-15(12)16)20-14-5-7-19-17(10-14)6-8-21-11-17/h2-3,9,14,16,18H,1,4-8,10-11H2/t14?,16-,17?/m1/s1. The molecule has 1 aromatic rings. The van der Waals surface area contributed by atoms with Crippen LogP contribution >= 0.6 is 11.8 Å². The highest BCUT2D eigenvalue weighted by molar-refractivity contribution is 7.99. The van der Waals surface area contributed by atoms with Crippen LogP contribution < -0.4 is 4.74 Å². The molecule has 0 amide bonds. The number of aliphatic hydroxyl groups is 1. The van der Waals surface area contributed by atoms with E-state index in [1.54, 1.807) is 0 Å². The summed E-state index contributed by atoms with van der Waals surface area (Å²) in [4.78, 5) is 0. The number of fused-ring (bicyclic) bond motifs is 1. The maximum Gasteiger partial charge on any atom is 0.120 e. The van der Waals surface area contributed by atoms with Gasteiger partial charge in [0, 0.05) is 18.6 Å². The van der Waals surface area contributed by atoms with Gasteiger partial charge in [-0.25, -0.2) is 0 Å². The van der Waals surface area contributed by atoms with Crippen molar-refractivity contribution in [3.63, 3.8) is 0 Å². The van der Waals surface area contributed by atoms with Crippen molar-refractivity contribution in [3.05, 3.63) is 29.3 Å². The third-order valence-corrected chi connectivity index (χ3v) is 6.20. The summed E-state index contributed by atoms with van der Waals surface area (Å²) in [5, 5.41) is 9.87. The van der Waals surface area contributed by atoms with Gasteiger partial charge < -0.3 is 14.6 Å². The molecule has 1 spiro atoms. The van der Waals surface area contributed by atoms with Crippen LogP contribution in [0.2, 0.25) is 0 Å². The van der Waals surface area contributed by atoms with Gasteiger partial charge in [-0.2, -0.15) is 11.8 Å². The number of aryl methyl sites for hydroxylation is 1. The summed E-state index contributed by atoms with van der Waals surface area (Å²) < 4.78 is 12.3. The molecule has 2 fully saturated rings.